The average molecular weight is 445 g/mol. The molecule has 0 aliphatic rings. The first kappa shape index (κ1) is 19.4. The van der Waals surface area contributed by atoms with Crippen LogP contribution in [0.15, 0.2) is 97.2 Å². The zero-order valence-corrected chi connectivity index (χ0v) is 17.9. The van der Waals surface area contributed by atoms with Gasteiger partial charge in [0.1, 0.15) is 5.35 Å². The molecule has 0 spiro atoms. The number of para-hydroxylation sites is 1. The van der Waals surface area contributed by atoms with E-state index in [1.807, 2.05) is 66.9 Å². The van der Waals surface area contributed by atoms with Crippen molar-refractivity contribution in [2.45, 2.75) is 0 Å². The molecule has 2 aromatic heterocycles. The van der Waals surface area contributed by atoms with Crippen LogP contribution in [0.4, 0.5) is 0 Å². The van der Waals surface area contributed by atoms with Crippen LogP contribution in [0, 0.1) is 0 Å². The molecule has 5 aromatic rings. The van der Waals surface area contributed by atoms with Gasteiger partial charge < -0.3 is 9.72 Å². The highest BCUT2D eigenvalue weighted by atomic mass is 35.5. The summed E-state index contributed by atoms with van der Waals surface area (Å²) in [7, 11) is 0. The highest BCUT2D eigenvalue weighted by molar-refractivity contribution is 7.13. The lowest BCUT2D eigenvalue weighted by Gasteiger charge is -2.10. The summed E-state index contributed by atoms with van der Waals surface area (Å²) >= 11 is 7.72. The Bertz CT molecular complexity index is 1480. The van der Waals surface area contributed by atoms with Crippen molar-refractivity contribution in [2.75, 3.05) is 0 Å². The fourth-order valence-electron chi connectivity index (χ4n) is 3.35. The van der Waals surface area contributed by atoms with Gasteiger partial charge in [0, 0.05) is 16.8 Å². The van der Waals surface area contributed by atoms with Crippen LogP contribution >= 0.6 is 23.1 Å². The summed E-state index contributed by atoms with van der Waals surface area (Å²) in [6.07, 6.45) is 1.99. The molecule has 0 unspecified atom stereocenters. The highest BCUT2D eigenvalue weighted by Gasteiger charge is 2.15. The van der Waals surface area contributed by atoms with Crippen molar-refractivity contribution in [3.8, 4) is 0 Å². The molecule has 0 aliphatic heterocycles. The largest absolute Gasteiger partial charge is 0.420 e. The number of nitrogens with zero attached hydrogens (tertiary/aromatic N) is 1. The fraction of sp³-hybridized carbons (Fsp3) is 0. The number of H-pyrrole nitrogens is 1. The number of aromatic amines is 1. The summed E-state index contributed by atoms with van der Waals surface area (Å²) in [4.78, 5) is 16.5. The van der Waals surface area contributed by atoms with Gasteiger partial charge in [-0.2, -0.15) is 0 Å². The molecule has 0 fully saturated rings. The topological polar surface area (TPSA) is 46.5 Å². The molecule has 5 rings (SSSR count). The van der Waals surface area contributed by atoms with Crippen LogP contribution in [-0.2, 0) is 4.74 Å². The summed E-state index contributed by atoms with van der Waals surface area (Å²) in [6, 6.07) is 28.2. The van der Waals surface area contributed by atoms with Gasteiger partial charge in [0.15, 0.2) is 5.76 Å². The van der Waals surface area contributed by atoms with Crippen molar-refractivity contribution in [2.24, 2.45) is 0 Å². The molecule has 152 valence electrons. The number of esters is 1. The van der Waals surface area contributed by atoms with E-state index < -0.39 is 5.97 Å². The molecule has 0 bridgehead atoms. The number of carbonyl (C=O) groups is 1. The number of hydrogen-bond acceptors (Lipinski definition) is 3. The molecule has 0 aliphatic carbocycles. The Morgan fingerprint density at radius 3 is 2.39 bits per heavy atom. The second-order valence-electron chi connectivity index (χ2n) is 6.90. The maximum atomic E-state index is 13.0. The van der Waals surface area contributed by atoms with Crippen LogP contribution in [0.1, 0.15) is 15.9 Å². The molecule has 31 heavy (non-hydrogen) atoms. The Kier molecular flexibility index (Phi) is 5.20. The van der Waals surface area contributed by atoms with Gasteiger partial charge in [0.05, 0.1) is 21.3 Å². The van der Waals surface area contributed by atoms with Crippen molar-refractivity contribution >= 4 is 50.6 Å². The zero-order valence-electron chi connectivity index (χ0n) is 16.3. The molecular weight excluding hydrogens is 428 g/mol. The summed E-state index contributed by atoms with van der Waals surface area (Å²) in [6.45, 7) is 0. The molecular formula is C25H17ClN2O2S. The first-order chi connectivity index (χ1) is 15.2. The van der Waals surface area contributed by atoms with Gasteiger partial charge in [-0.1, -0.05) is 53.5 Å². The predicted octanol–water partition coefficient (Wildman–Crippen LogP) is 5.99. The van der Waals surface area contributed by atoms with Crippen LogP contribution in [-0.4, -0.2) is 14.7 Å². The van der Waals surface area contributed by atoms with E-state index in [9.17, 15) is 4.79 Å². The molecule has 0 amide bonds. The van der Waals surface area contributed by atoms with E-state index in [4.69, 9.17) is 16.3 Å². The number of nitrogens with one attached hydrogen (secondary N) is 1. The number of hydrogen-bond donors (Lipinski definition) is 1. The van der Waals surface area contributed by atoms with E-state index in [0.29, 0.717) is 21.7 Å². The summed E-state index contributed by atoms with van der Waals surface area (Å²) < 4.78 is 9.14. The molecule has 6 heteroatoms. The van der Waals surface area contributed by atoms with Gasteiger partial charge >= 0.3 is 5.97 Å². The van der Waals surface area contributed by atoms with E-state index in [1.54, 1.807) is 35.8 Å². The van der Waals surface area contributed by atoms with Crippen molar-refractivity contribution < 1.29 is 9.53 Å². The second kappa shape index (κ2) is 8.30. The lowest BCUT2D eigenvalue weighted by atomic mass is 10.1. The van der Waals surface area contributed by atoms with E-state index in [1.165, 1.54) is 0 Å². The predicted molar refractivity (Wildman–Crippen MR) is 126 cm³/mol. The van der Waals surface area contributed by atoms with Gasteiger partial charge in [0.25, 0.3) is 0 Å². The highest BCUT2D eigenvalue weighted by Crippen LogP contribution is 2.21. The fourth-order valence-corrected chi connectivity index (χ4v) is 4.42. The smallest absolute Gasteiger partial charge is 0.343 e. The molecule has 4 nitrogen and oxygen atoms in total. The molecule has 2 heterocycles. The lowest BCUT2D eigenvalue weighted by Crippen LogP contribution is -2.17. The Morgan fingerprint density at radius 1 is 0.839 bits per heavy atom. The van der Waals surface area contributed by atoms with Gasteiger partial charge in [-0.3, -0.25) is 3.79 Å². The third-order valence-corrected chi connectivity index (χ3v) is 6.17. The summed E-state index contributed by atoms with van der Waals surface area (Å²) in [5.41, 5.74) is 3.06. The van der Waals surface area contributed by atoms with Crippen LogP contribution in [0.2, 0.25) is 5.02 Å². The minimum atomic E-state index is -0.428. The third-order valence-electron chi connectivity index (χ3n) is 4.85. The molecule has 1 N–H and O–H groups in total. The Morgan fingerprint density at radius 2 is 1.58 bits per heavy atom. The molecule has 0 saturated carbocycles. The normalized spacial score (nSPS) is 12.0. The number of rotatable bonds is 3. The molecule has 0 saturated heterocycles. The zero-order chi connectivity index (χ0) is 21.2. The maximum Gasteiger partial charge on any atom is 0.343 e. The van der Waals surface area contributed by atoms with Crippen LogP contribution < -0.4 is 5.35 Å². The van der Waals surface area contributed by atoms with Gasteiger partial charge in [0.2, 0.25) is 0 Å². The van der Waals surface area contributed by atoms with E-state index in [2.05, 4.69) is 14.8 Å². The Balaban J connectivity index is 1.84. The molecule has 0 radical (unpaired) electrons. The number of carbonyl (C=O) groups excluding carboxylic acids is 1. The SMILES string of the molecule is O=C(OC(c1ccc(Cl)cc1)=c1[nH]c2ccccc2sn2cccc12)c1ccccc1. The van der Waals surface area contributed by atoms with Crippen molar-refractivity contribution in [1.29, 1.82) is 0 Å². The summed E-state index contributed by atoms with van der Waals surface area (Å²) in [5, 5.41) is 1.31. The first-order valence-corrected chi connectivity index (χ1v) is 10.8. The minimum absolute atomic E-state index is 0.428. The van der Waals surface area contributed by atoms with Crippen molar-refractivity contribution in [3.63, 3.8) is 0 Å². The summed E-state index contributed by atoms with van der Waals surface area (Å²) in [5.74, 6) is 0.00548. The van der Waals surface area contributed by atoms with Crippen LogP contribution in [0.3, 0.4) is 0 Å². The van der Waals surface area contributed by atoms with Crippen molar-refractivity contribution in [3.05, 3.63) is 119 Å². The quantitative estimate of drug-likeness (QED) is 0.347. The second-order valence-corrected chi connectivity index (χ2v) is 8.35. The Hall–Kier alpha value is -3.54. The van der Waals surface area contributed by atoms with E-state index in [-0.39, 0.29) is 0 Å². The molecule has 0 atom stereocenters. The minimum Gasteiger partial charge on any atom is -0.420 e. The van der Waals surface area contributed by atoms with Crippen LogP contribution in [0.25, 0.3) is 21.5 Å². The molecule has 3 aromatic carbocycles. The van der Waals surface area contributed by atoms with Gasteiger partial charge in [-0.05, 0) is 60.7 Å². The van der Waals surface area contributed by atoms with Gasteiger partial charge in [-0.15, -0.1) is 0 Å². The average Bonchev–Trinajstić information content (AvgIpc) is 3.20. The lowest BCUT2D eigenvalue weighted by molar-refractivity contribution is 0.0690. The van der Waals surface area contributed by atoms with Crippen molar-refractivity contribution in [1.82, 2.24) is 8.77 Å². The number of halogens is 1. The first-order valence-electron chi connectivity index (χ1n) is 9.68. The number of benzene rings is 3. The maximum absolute atomic E-state index is 13.0. The monoisotopic (exact) mass is 444 g/mol. The van der Waals surface area contributed by atoms with E-state index in [0.717, 1.165) is 21.3 Å². The van der Waals surface area contributed by atoms with Gasteiger partial charge in [-0.25, -0.2) is 4.79 Å². The number of fused-ring (bicyclic) bond motifs is 2. The third kappa shape index (κ3) is 3.93. The van der Waals surface area contributed by atoms with E-state index >= 15 is 0 Å². The number of ether oxygens (including phenoxy) is 1. The standard InChI is InChI=1S/C25H17ClN2O2S/c26-19-14-12-17(13-15-19)24(30-25(29)18-7-2-1-3-8-18)23-21-10-6-16-28(21)31-22-11-5-4-9-20(22)27-23/h1-16,27H. The number of aromatic nitrogens is 2. The Labute approximate surface area is 187 Å². The van der Waals surface area contributed by atoms with Crippen LogP contribution in [0.5, 0.6) is 0 Å².